The van der Waals surface area contributed by atoms with E-state index in [0.29, 0.717) is 5.56 Å². The number of likely N-dealkylation sites (N-methyl/N-ethyl adjacent to an activating group) is 1. The zero-order valence-electron chi connectivity index (χ0n) is 11.0. The van der Waals surface area contributed by atoms with Crippen LogP contribution in [0.1, 0.15) is 10.4 Å². The average molecular weight is 259 g/mol. The van der Waals surface area contributed by atoms with Gasteiger partial charge in [0.25, 0.3) is 0 Å². The highest BCUT2D eigenvalue weighted by molar-refractivity contribution is 6.02. The van der Waals surface area contributed by atoms with Gasteiger partial charge in [0.05, 0.1) is 7.11 Å². The molecule has 2 aromatic carbocycles. The Hall–Kier alpha value is -1.91. The third-order valence-electron chi connectivity index (χ3n) is 3.03. The van der Waals surface area contributed by atoms with Gasteiger partial charge in [0.2, 0.25) is 0 Å². The molecule has 0 heterocycles. The Morgan fingerprint density at radius 2 is 1.95 bits per heavy atom. The molecule has 0 aromatic heterocycles. The Morgan fingerprint density at radius 3 is 2.63 bits per heavy atom. The minimum Gasteiger partial charge on any atom is -0.497 e. The Bertz CT molecular complexity index is 595. The largest absolute Gasteiger partial charge is 0.497 e. The molecule has 0 saturated heterocycles. The normalized spacial score (nSPS) is 12.4. The van der Waals surface area contributed by atoms with Crippen LogP contribution in [0, 0.1) is 0 Å². The molecule has 4 nitrogen and oxygen atoms in total. The summed E-state index contributed by atoms with van der Waals surface area (Å²) in [7, 11) is 3.32. The second kappa shape index (κ2) is 5.82. The van der Waals surface area contributed by atoms with Crippen molar-refractivity contribution in [1.82, 2.24) is 5.32 Å². The fraction of sp³-hybridized carbons (Fsp3) is 0.267. The molecule has 0 amide bonds. The Balaban J connectivity index is 2.34. The molecule has 4 heteroatoms. The van der Waals surface area contributed by atoms with E-state index in [0.717, 1.165) is 16.5 Å². The van der Waals surface area contributed by atoms with Crippen molar-refractivity contribution >= 4 is 16.6 Å². The molecule has 2 aromatic rings. The summed E-state index contributed by atoms with van der Waals surface area (Å²) in [5.41, 5.74) is 0.514. The molecule has 0 aliphatic heterocycles. The van der Waals surface area contributed by atoms with E-state index in [1.165, 1.54) is 0 Å². The van der Waals surface area contributed by atoms with Crippen molar-refractivity contribution in [3.05, 3.63) is 42.0 Å². The molecule has 0 aliphatic carbocycles. The van der Waals surface area contributed by atoms with Gasteiger partial charge in [0, 0.05) is 12.1 Å². The standard InChI is InChI=1S/C15H17NO3/c1-16-9-14(17)15(18)12-4-3-11-8-13(19-2)6-5-10(11)7-12/h3-8,14,16-17H,9H2,1-2H3. The van der Waals surface area contributed by atoms with E-state index in [1.807, 2.05) is 24.3 Å². The molecular weight excluding hydrogens is 242 g/mol. The fourth-order valence-corrected chi connectivity index (χ4v) is 1.98. The van der Waals surface area contributed by atoms with E-state index in [-0.39, 0.29) is 12.3 Å². The number of methoxy groups -OCH3 is 1. The van der Waals surface area contributed by atoms with Gasteiger partial charge in [-0.15, -0.1) is 0 Å². The highest BCUT2D eigenvalue weighted by Gasteiger charge is 2.16. The highest BCUT2D eigenvalue weighted by Crippen LogP contribution is 2.22. The van der Waals surface area contributed by atoms with Crippen LogP contribution in [0.2, 0.25) is 0 Å². The SMILES string of the molecule is CNCC(O)C(=O)c1ccc2cc(OC)ccc2c1. The Morgan fingerprint density at radius 1 is 1.26 bits per heavy atom. The Labute approximate surface area is 112 Å². The van der Waals surface area contributed by atoms with E-state index in [4.69, 9.17) is 4.74 Å². The summed E-state index contributed by atoms with van der Waals surface area (Å²) in [6, 6.07) is 11.0. The molecule has 0 saturated carbocycles. The molecule has 1 unspecified atom stereocenters. The molecule has 0 radical (unpaired) electrons. The molecule has 2 N–H and O–H groups in total. The number of hydrogen-bond donors (Lipinski definition) is 2. The maximum atomic E-state index is 12.0. The third kappa shape index (κ3) is 2.92. The molecule has 100 valence electrons. The van der Waals surface area contributed by atoms with Gasteiger partial charge in [-0.2, -0.15) is 0 Å². The predicted octanol–water partition coefficient (Wildman–Crippen LogP) is 1.61. The summed E-state index contributed by atoms with van der Waals surface area (Å²) in [6.07, 6.45) is -1.01. The van der Waals surface area contributed by atoms with Crippen molar-refractivity contribution in [1.29, 1.82) is 0 Å². The van der Waals surface area contributed by atoms with Crippen molar-refractivity contribution < 1.29 is 14.6 Å². The summed E-state index contributed by atoms with van der Waals surface area (Å²) in [4.78, 5) is 12.0. The van der Waals surface area contributed by atoms with Gasteiger partial charge in [0.1, 0.15) is 11.9 Å². The fourth-order valence-electron chi connectivity index (χ4n) is 1.98. The first-order valence-electron chi connectivity index (χ1n) is 6.10. The number of aliphatic hydroxyl groups is 1. The van der Waals surface area contributed by atoms with Gasteiger partial charge < -0.3 is 15.2 Å². The number of Topliss-reactive ketones (excluding diaryl/α,β-unsaturated/α-hetero) is 1. The van der Waals surface area contributed by atoms with Gasteiger partial charge in [0.15, 0.2) is 5.78 Å². The van der Waals surface area contributed by atoms with Crippen LogP contribution in [0.3, 0.4) is 0 Å². The second-order valence-corrected chi connectivity index (χ2v) is 4.37. The third-order valence-corrected chi connectivity index (χ3v) is 3.03. The minimum absolute atomic E-state index is 0.249. The van der Waals surface area contributed by atoms with Crippen LogP contribution in [0.25, 0.3) is 10.8 Å². The monoisotopic (exact) mass is 259 g/mol. The highest BCUT2D eigenvalue weighted by atomic mass is 16.5. The predicted molar refractivity (Wildman–Crippen MR) is 74.8 cm³/mol. The lowest BCUT2D eigenvalue weighted by atomic mass is 10.0. The van der Waals surface area contributed by atoms with Crippen LogP contribution in [0.15, 0.2) is 36.4 Å². The quantitative estimate of drug-likeness (QED) is 0.801. The number of carbonyl (C=O) groups excluding carboxylic acids is 1. The molecule has 0 spiro atoms. The number of aliphatic hydroxyl groups excluding tert-OH is 1. The van der Waals surface area contributed by atoms with Gasteiger partial charge in [-0.25, -0.2) is 0 Å². The van der Waals surface area contributed by atoms with Crippen LogP contribution in [0.5, 0.6) is 5.75 Å². The Kier molecular flexibility index (Phi) is 4.14. The number of ketones is 1. The van der Waals surface area contributed by atoms with Crippen molar-refractivity contribution in [2.45, 2.75) is 6.10 Å². The van der Waals surface area contributed by atoms with Crippen molar-refractivity contribution in [3.63, 3.8) is 0 Å². The van der Waals surface area contributed by atoms with Gasteiger partial charge >= 0.3 is 0 Å². The number of nitrogens with one attached hydrogen (secondary N) is 1. The molecule has 19 heavy (non-hydrogen) atoms. The molecule has 0 bridgehead atoms. The lowest BCUT2D eigenvalue weighted by Crippen LogP contribution is -2.31. The van der Waals surface area contributed by atoms with Gasteiger partial charge in [-0.3, -0.25) is 4.79 Å². The zero-order valence-corrected chi connectivity index (χ0v) is 11.0. The van der Waals surface area contributed by atoms with Crippen molar-refractivity contribution in [2.24, 2.45) is 0 Å². The van der Waals surface area contributed by atoms with Crippen LogP contribution in [-0.2, 0) is 0 Å². The maximum absolute atomic E-state index is 12.0. The molecule has 0 aliphatic rings. The van der Waals surface area contributed by atoms with Crippen LogP contribution in [0.4, 0.5) is 0 Å². The van der Waals surface area contributed by atoms with Crippen LogP contribution in [-0.4, -0.2) is 37.7 Å². The molecule has 2 rings (SSSR count). The first-order chi connectivity index (χ1) is 9.15. The first kappa shape index (κ1) is 13.5. The van der Waals surface area contributed by atoms with Gasteiger partial charge in [-0.1, -0.05) is 18.2 Å². The molecular formula is C15H17NO3. The van der Waals surface area contributed by atoms with Gasteiger partial charge in [-0.05, 0) is 36.0 Å². The van der Waals surface area contributed by atoms with Crippen LogP contribution >= 0.6 is 0 Å². The maximum Gasteiger partial charge on any atom is 0.192 e. The van der Waals surface area contributed by atoms with Crippen molar-refractivity contribution in [3.8, 4) is 5.75 Å². The van der Waals surface area contributed by atoms with E-state index in [9.17, 15) is 9.90 Å². The van der Waals surface area contributed by atoms with Crippen LogP contribution < -0.4 is 10.1 Å². The number of rotatable bonds is 5. The van der Waals surface area contributed by atoms with E-state index < -0.39 is 6.10 Å². The average Bonchev–Trinajstić information content (AvgIpc) is 2.45. The second-order valence-electron chi connectivity index (χ2n) is 4.37. The zero-order chi connectivity index (χ0) is 13.8. The lowest BCUT2D eigenvalue weighted by molar-refractivity contribution is 0.0750. The summed E-state index contributed by atoms with van der Waals surface area (Å²) in [6.45, 7) is 0.249. The number of carbonyl (C=O) groups is 1. The number of hydrogen-bond acceptors (Lipinski definition) is 4. The number of benzene rings is 2. The number of ether oxygens (including phenoxy) is 1. The summed E-state index contributed by atoms with van der Waals surface area (Å²) < 4.78 is 5.15. The first-order valence-corrected chi connectivity index (χ1v) is 6.10. The van der Waals surface area contributed by atoms with Crippen molar-refractivity contribution in [2.75, 3.05) is 20.7 Å². The summed E-state index contributed by atoms with van der Waals surface area (Å²) in [5, 5.41) is 14.4. The molecule has 0 fully saturated rings. The van der Waals surface area contributed by atoms with E-state index in [2.05, 4.69) is 5.32 Å². The lowest BCUT2D eigenvalue weighted by Gasteiger charge is -2.10. The van der Waals surface area contributed by atoms with E-state index in [1.54, 1.807) is 26.3 Å². The minimum atomic E-state index is -1.01. The number of fused-ring (bicyclic) bond motifs is 1. The summed E-state index contributed by atoms with van der Waals surface area (Å²) >= 11 is 0. The summed E-state index contributed by atoms with van der Waals surface area (Å²) in [5.74, 6) is 0.508. The van der Waals surface area contributed by atoms with E-state index >= 15 is 0 Å². The smallest absolute Gasteiger partial charge is 0.192 e. The molecule has 1 atom stereocenters. The topological polar surface area (TPSA) is 58.6 Å².